The molecule has 7 nitrogen and oxygen atoms in total. The predicted octanol–water partition coefficient (Wildman–Crippen LogP) is 6.06. The van der Waals surface area contributed by atoms with E-state index in [1.54, 1.807) is 36.4 Å². The zero-order chi connectivity index (χ0) is 26.8. The largest absolute Gasteiger partial charge is 0.493 e. The van der Waals surface area contributed by atoms with E-state index in [-0.39, 0.29) is 16.3 Å². The minimum absolute atomic E-state index is 0.181. The van der Waals surface area contributed by atoms with Gasteiger partial charge in [0.05, 0.1) is 17.8 Å². The maximum Gasteiger partial charge on any atom is 0.335 e. The van der Waals surface area contributed by atoms with Crippen LogP contribution < -0.4 is 19.7 Å². The average Bonchev–Trinajstić information content (AvgIpc) is 2.91. The predicted molar refractivity (Wildman–Crippen MR) is 146 cm³/mol. The molecule has 5 rings (SSSR count). The summed E-state index contributed by atoms with van der Waals surface area (Å²) in [6.07, 6.45) is 1.40. The van der Waals surface area contributed by atoms with Gasteiger partial charge in [-0.3, -0.25) is 14.9 Å². The topological polar surface area (TPSA) is 84.9 Å². The van der Waals surface area contributed by atoms with Crippen molar-refractivity contribution in [3.05, 3.63) is 106 Å². The third-order valence-electron chi connectivity index (χ3n) is 6.34. The van der Waals surface area contributed by atoms with E-state index in [1.165, 1.54) is 19.3 Å². The van der Waals surface area contributed by atoms with Crippen molar-refractivity contribution < 1.29 is 23.9 Å². The molecule has 0 spiro atoms. The van der Waals surface area contributed by atoms with E-state index >= 15 is 0 Å². The van der Waals surface area contributed by atoms with Gasteiger partial charge in [-0.05, 0) is 59.2 Å². The maximum absolute atomic E-state index is 13.2. The lowest BCUT2D eigenvalue weighted by molar-refractivity contribution is -0.122. The van der Waals surface area contributed by atoms with E-state index in [0.29, 0.717) is 23.7 Å². The van der Waals surface area contributed by atoms with Crippen LogP contribution in [0.4, 0.5) is 10.5 Å². The number of rotatable bonds is 6. The molecular weight excluding hydrogens is 504 g/mol. The SMILES string of the molecule is COc1cc(/C=C2\C(=O)NC(=O)N(c3ccccc3Cl)C2=O)ccc1OCc1c(C)ccc2ccccc12. The van der Waals surface area contributed by atoms with Gasteiger partial charge in [-0.1, -0.05) is 66.2 Å². The first-order valence-corrected chi connectivity index (χ1v) is 12.2. The summed E-state index contributed by atoms with van der Waals surface area (Å²) in [5.41, 5.74) is 2.67. The van der Waals surface area contributed by atoms with Crippen molar-refractivity contribution in [2.75, 3.05) is 12.0 Å². The number of anilines is 1. The zero-order valence-electron chi connectivity index (χ0n) is 20.7. The number of hydrogen-bond donors (Lipinski definition) is 1. The summed E-state index contributed by atoms with van der Waals surface area (Å²) in [4.78, 5) is 39.0. The fourth-order valence-corrected chi connectivity index (χ4v) is 4.58. The van der Waals surface area contributed by atoms with Crippen molar-refractivity contribution in [1.29, 1.82) is 0 Å². The number of barbiturate groups is 1. The van der Waals surface area contributed by atoms with Crippen LogP contribution in [0.1, 0.15) is 16.7 Å². The van der Waals surface area contributed by atoms with E-state index in [2.05, 4.69) is 29.6 Å². The molecule has 4 aromatic rings. The number of methoxy groups -OCH3 is 1. The first kappa shape index (κ1) is 25.0. The van der Waals surface area contributed by atoms with Gasteiger partial charge in [0, 0.05) is 5.56 Å². The highest BCUT2D eigenvalue weighted by atomic mass is 35.5. The summed E-state index contributed by atoms with van der Waals surface area (Å²) in [6.45, 7) is 2.38. The van der Waals surface area contributed by atoms with Crippen LogP contribution in [0.3, 0.4) is 0 Å². The second-order valence-electron chi connectivity index (χ2n) is 8.69. The summed E-state index contributed by atoms with van der Waals surface area (Å²) >= 11 is 6.20. The van der Waals surface area contributed by atoms with Crippen molar-refractivity contribution in [1.82, 2.24) is 5.32 Å². The summed E-state index contributed by atoms with van der Waals surface area (Å²) in [7, 11) is 1.51. The molecule has 1 aliphatic heterocycles. The molecule has 1 saturated heterocycles. The number of halogens is 1. The van der Waals surface area contributed by atoms with Crippen LogP contribution in [0.25, 0.3) is 16.8 Å². The average molecular weight is 527 g/mol. The van der Waals surface area contributed by atoms with Gasteiger partial charge in [0.2, 0.25) is 0 Å². The van der Waals surface area contributed by atoms with Crippen molar-refractivity contribution in [3.8, 4) is 11.5 Å². The Morgan fingerprint density at radius 1 is 0.921 bits per heavy atom. The molecule has 1 aliphatic rings. The number of amides is 4. The second kappa shape index (κ2) is 10.4. The van der Waals surface area contributed by atoms with Gasteiger partial charge in [-0.15, -0.1) is 0 Å². The number of urea groups is 1. The Labute approximate surface area is 224 Å². The molecule has 0 atom stereocenters. The molecule has 4 amide bonds. The summed E-state index contributed by atoms with van der Waals surface area (Å²) in [5, 5.41) is 4.65. The number of hydrogen-bond acceptors (Lipinski definition) is 5. The Bertz CT molecular complexity index is 1630. The number of imide groups is 2. The van der Waals surface area contributed by atoms with Gasteiger partial charge in [-0.25, -0.2) is 9.69 Å². The molecule has 4 aromatic carbocycles. The first-order valence-electron chi connectivity index (χ1n) is 11.8. The fraction of sp³-hybridized carbons (Fsp3) is 0.100. The lowest BCUT2D eigenvalue weighted by Crippen LogP contribution is -2.54. The molecule has 1 N–H and O–H groups in total. The molecule has 0 radical (unpaired) electrons. The van der Waals surface area contributed by atoms with Crippen LogP contribution in [0.2, 0.25) is 5.02 Å². The molecule has 38 heavy (non-hydrogen) atoms. The molecule has 0 aromatic heterocycles. The van der Waals surface area contributed by atoms with Gasteiger partial charge < -0.3 is 9.47 Å². The van der Waals surface area contributed by atoms with Gasteiger partial charge >= 0.3 is 6.03 Å². The van der Waals surface area contributed by atoms with Crippen LogP contribution in [-0.2, 0) is 16.2 Å². The Kier molecular flexibility index (Phi) is 6.85. The number of aryl methyl sites for hydroxylation is 1. The van der Waals surface area contributed by atoms with E-state index < -0.39 is 17.8 Å². The highest BCUT2D eigenvalue weighted by Crippen LogP contribution is 2.33. The third kappa shape index (κ3) is 4.71. The smallest absolute Gasteiger partial charge is 0.335 e. The van der Waals surface area contributed by atoms with Crippen molar-refractivity contribution in [3.63, 3.8) is 0 Å². The Balaban J connectivity index is 1.43. The van der Waals surface area contributed by atoms with Crippen LogP contribution >= 0.6 is 11.6 Å². The van der Waals surface area contributed by atoms with Crippen molar-refractivity contribution >= 4 is 52.0 Å². The van der Waals surface area contributed by atoms with Crippen molar-refractivity contribution in [2.45, 2.75) is 13.5 Å². The van der Waals surface area contributed by atoms with Crippen LogP contribution in [0.5, 0.6) is 11.5 Å². The van der Waals surface area contributed by atoms with E-state index in [4.69, 9.17) is 21.1 Å². The standard InChI is InChI=1S/C30H23ClN2O5/c1-18-11-13-20-7-3-4-8-21(20)23(18)17-38-26-14-12-19(16-27(26)37-2)15-22-28(34)32-30(36)33(29(22)35)25-10-6-5-9-24(25)31/h3-16H,17H2,1-2H3,(H,32,34,36)/b22-15+. The molecule has 0 unspecified atom stereocenters. The van der Waals surface area contributed by atoms with Crippen LogP contribution in [0.15, 0.2) is 84.4 Å². The fourth-order valence-electron chi connectivity index (χ4n) is 4.36. The minimum atomic E-state index is -0.865. The number of ether oxygens (including phenoxy) is 2. The Morgan fingerprint density at radius 2 is 1.68 bits per heavy atom. The quantitative estimate of drug-likeness (QED) is 0.244. The molecule has 8 heteroatoms. The number of benzene rings is 4. The number of nitrogens with one attached hydrogen (secondary N) is 1. The third-order valence-corrected chi connectivity index (χ3v) is 6.66. The molecule has 0 aliphatic carbocycles. The minimum Gasteiger partial charge on any atom is -0.493 e. The number of carbonyl (C=O) groups excluding carboxylic acids is 3. The maximum atomic E-state index is 13.2. The van der Waals surface area contributed by atoms with Gasteiger partial charge in [0.1, 0.15) is 12.2 Å². The summed E-state index contributed by atoms with van der Waals surface area (Å²) in [5.74, 6) is -0.638. The monoisotopic (exact) mass is 526 g/mol. The van der Waals surface area contributed by atoms with Crippen molar-refractivity contribution in [2.24, 2.45) is 0 Å². The molecule has 0 bridgehead atoms. The lowest BCUT2D eigenvalue weighted by atomic mass is 10.0. The Morgan fingerprint density at radius 3 is 2.47 bits per heavy atom. The highest BCUT2D eigenvalue weighted by molar-refractivity contribution is 6.42. The second-order valence-corrected chi connectivity index (χ2v) is 9.10. The molecule has 0 saturated carbocycles. The van der Waals surface area contributed by atoms with Crippen LogP contribution in [0, 0.1) is 6.92 Å². The van der Waals surface area contributed by atoms with Gasteiger partial charge in [-0.2, -0.15) is 0 Å². The van der Waals surface area contributed by atoms with E-state index in [1.807, 2.05) is 19.1 Å². The van der Waals surface area contributed by atoms with E-state index in [0.717, 1.165) is 26.8 Å². The molecular formula is C30H23ClN2O5. The van der Waals surface area contributed by atoms with Crippen LogP contribution in [-0.4, -0.2) is 25.0 Å². The number of fused-ring (bicyclic) bond motifs is 1. The normalized spacial score (nSPS) is 14.7. The zero-order valence-corrected chi connectivity index (χ0v) is 21.4. The first-order chi connectivity index (χ1) is 18.4. The van der Waals surface area contributed by atoms with E-state index in [9.17, 15) is 14.4 Å². The van der Waals surface area contributed by atoms with Gasteiger partial charge in [0.15, 0.2) is 11.5 Å². The molecule has 1 fully saturated rings. The summed E-state index contributed by atoms with van der Waals surface area (Å²) < 4.78 is 11.7. The Hall–Kier alpha value is -4.62. The number of carbonyl (C=O) groups is 3. The number of para-hydroxylation sites is 1. The van der Waals surface area contributed by atoms with Gasteiger partial charge in [0.25, 0.3) is 11.8 Å². The summed E-state index contributed by atoms with van der Waals surface area (Å²) in [6, 6.07) is 22.9. The molecule has 1 heterocycles. The lowest BCUT2D eigenvalue weighted by Gasteiger charge is -2.27. The number of nitrogens with zero attached hydrogens (tertiary/aromatic N) is 1. The molecule has 190 valence electrons. The highest BCUT2D eigenvalue weighted by Gasteiger charge is 2.37.